The zero-order chi connectivity index (χ0) is 21.3. The summed E-state index contributed by atoms with van der Waals surface area (Å²) in [5, 5.41) is 6.75. The number of nitrogens with zero attached hydrogens (tertiary/aromatic N) is 3. The Balaban J connectivity index is 1.38. The SMILES string of the molecule is CC(C)n1c(N2CCC(NC(=O)Nc3ccc(Cl)c(Cl)c3)CC2)nc2ccccc21. The number of piperidine rings is 1. The van der Waals surface area contributed by atoms with E-state index in [0.717, 1.165) is 42.9 Å². The minimum Gasteiger partial charge on any atom is -0.342 e. The van der Waals surface area contributed by atoms with Crippen LogP contribution in [0.5, 0.6) is 0 Å². The number of carbonyl (C=O) groups excluding carboxylic acids is 1. The molecular formula is C22H25Cl2N5O. The molecule has 0 radical (unpaired) electrons. The van der Waals surface area contributed by atoms with Gasteiger partial charge in [0.25, 0.3) is 0 Å². The number of amides is 2. The summed E-state index contributed by atoms with van der Waals surface area (Å²) in [6.07, 6.45) is 1.71. The van der Waals surface area contributed by atoms with Crippen molar-refractivity contribution < 1.29 is 4.79 Å². The number of urea groups is 1. The van der Waals surface area contributed by atoms with E-state index in [-0.39, 0.29) is 12.1 Å². The zero-order valence-corrected chi connectivity index (χ0v) is 18.5. The Bertz CT molecular complexity index is 1060. The first kappa shape index (κ1) is 20.8. The minimum atomic E-state index is -0.235. The third-order valence-corrected chi connectivity index (χ3v) is 6.12. The molecule has 2 heterocycles. The van der Waals surface area contributed by atoms with Crippen LogP contribution < -0.4 is 15.5 Å². The van der Waals surface area contributed by atoms with E-state index in [1.807, 2.05) is 6.07 Å². The maximum absolute atomic E-state index is 12.4. The van der Waals surface area contributed by atoms with Gasteiger partial charge in [-0.25, -0.2) is 9.78 Å². The highest BCUT2D eigenvalue weighted by molar-refractivity contribution is 6.42. The lowest BCUT2D eigenvalue weighted by atomic mass is 10.1. The molecule has 0 atom stereocenters. The van der Waals surface area contributed by atoms with E-state index < -0.39 is 0 Å². The highest BCUT2D eigenvalue weighted by atomic mass is 35.5. The Morgan fingerprint density at radius 3 is 2.53 bits per heavy atom. The number of benzene rings is 2. The third-order valence-electron chi connectivity index (χ3n) is 5.38. The lowest BCUT2D eigenvalue weighted by Gasteiger charge is -2.34. The highest BCUT2D eigenvalue weighted by Crippen LogP contribution is 2.29. The topological polar surface area (TPSA) is 62.2 Å². The summed E-state index contributed by atoms with van der Waals surface area (Å²) in [6.45, 7) is 6.04. The maximum atomic E-state index is 12.4. The molecule has 3 aromatic rings. The number of rotatable bonds is 4. The van der Waals surface area contributed by atoms with Crippen LogP contribution in [0.2, 0.25) is 10.0 Å². The van der Waals surface area contributed by atoms with Crippen molar-refractivity contribution in [3.63, 3.8) is 0 Å². The van der Waals surface area contributed by atoms with E-state index in [1.54, 1.807) is 18.2 Å². The first-order chi connectivity index (χ1) is 14.4. The average Bonchev–Trinajstić information content (AvgIpc) is 3.11. The van der Waals surface area contributed by atoms with Crippen LogP contribution in [0.3, 0.4) is 0 Å². The van der Waals surface area contributed by atoms with Crippen molar-refractivity contribution in [3.8, 4) is 0 Å². The van der Waals surface area contributed by atoms with Gasteiger partial charge in [-0.05, 0) is 57.0 Å². The first-order valence-corrected chi connectivity index (χ1v) is 10.9. The van der Waals surface area contributed by atoms with Gasteiger partial charge in [0.15, 0.2) is 0 Å². The quantitative estimate of drug-likeness (QED) is 0.539. The molecule has 0 unspecified atom stereocenters. The Labute approximate surface area is 186 Å². The van der Waals surface area contributed by atoms with Gasteiger partial charge in [0.2, 0.25) is 5.95 Å². The van der Waals surface area contributed by atoms with Crippen molar-refractivity contribution >= 4 is 51.9 Å². The van der Waals surface area contributed by atoms with Gasteiger partial charge in [-0.1, -0.05) is 35.3 Å². The standard InChI is InChI=1S/C22H25Cl2N5O/c1-14(2)29-20-6-4-3-5-19(20)27-22(29)28-11-9-15(10-12-28)25-21(30)26-16-7-8-17(23)18(24)13-16/h3-8,13-15H,9-12H2,1-2H3,(H2,25,26,30). The predicted molar refractivity (Wildman–Crippen MR) is 124 cm³/mol. The number of nitrogens with one attached hydrogen (secondary N) is 2. The van der Waals surface area contributed by atoms with Crippen LogP contribution in [0.4, 0.5) is 16.4 Å². The predicted octanol–water partition coefficient (Wildman–Crippen LogP) is 5.71. The van der Waals surface area contributed by atoms with Gasteiger partial charge in [0.1, 0.15) is 0 Å². The zero-order valence-electron chi connectivity index (χ0n) is 17.0. The Morgan fingerprint density at radius 1 is 1.10 bits per heavy atom. The largest absolute Gasteiger partial charge is 0.342 e. The monoisotopic (exact) mass is 445 g/mol. The van der Waals surface area contributed by atoms with Crippen molar-refractivity contribution in [3.05, 3.63) is 52.5 Å². The molecule has 0 aliphatic carbocycles. The first-order valence-electron chi connectivity index (χ1n) is 10.2. The van der Waals surface area contributed by atoms with Crippen LogP contribution in [0.15, 0.2) is 42.5 Å². The van der Waals surface area contributed by atoms with Crippen LogP contribution in [-0.4, -0.2) is 34.7 Å². The van der Waals surface area contributed by atoms with E-state index in [0.29, 0.717) is 21.8 Å². The van der Waals surface area contributed by atoms with Crippen LogP contribution in [-0.2, 0) is 0 Å². The molecule has 0 spiro atoms. The number of halogens is 2. The second-order valence-corrected chi connectivity index (χ2v) is 8.67. The van der Waals surface area contributed by atoms with Crippen molar-refractivity contribution in [1.29, 1.82) is 0 Å². The van der Waals surface area contributed by atoms with Gasteiger partial charge in [0.05, 0.1) is 21.1 Å². The summed E-state index contributed by atoms with van der Waals surface area (Å²) >= 11 is 11.9. The number of hydrogen-bond donors (Lipinski definition) is 2. The molecule has 158 valence electrons. The maximum Gasteiger partial charge on any atom is 0.319 e. The Morgan fingerprint density at radius 2 is 1.83 bits per heavy atom. The number of fused-ring (bicyclic) bond motifs is 1. The molecule has 2 aromatic carbocycles. The summed E-state index contributed by atoms with van der Waals surface area (Å²) in [4.78, 5) is 19.6. The Hall–Kier alpha value is -2.44. The molecular weight excluding hydrogens is 421 g/mol. The highest BCUT2D eigenvalue weighted by Gasteiger charge is 2.25. The molecule has 30 heavy (non-hydrogen) atoms. The molecule has 4 rings (SSSR count). The van der Waals surface area contributed by atoms with Crippen molar-refractivity contribution in [1.82, 2.24) is 14.9 Å². The second kappa shape index (κ2) is 8.74. The third kappa shape index (κ3) is 4.35. The van der Waals surface area contributed by atoms with E-state index >= 15 is 0 Å². The number of carbonyl (C=O) groups is 1. The van der Waals surface area contributed by atoms with Gasteiger partial charge >= 0.3 is 6.03 Å². The van der Waals surface area contributed by atoms with Gasteiger partial charge in [-0.15, -0.1) is 0 Å². The van der Waals surface area contributed by atoms with Crippen LogP contribution in [0.1, 0.15) is 32.7 Å². The molecule has 2 amide bonds. The fraction of sp³-hybridized carbons (Fsp3) is 0.364. The molecule has 6 nitrogen and oxygen atoms in total. The van der Waals surface area contributed by atoms with Crippen LogP contribution >= 0.6 is 23.2 Å². The normalized spacial score (nSPS) is 15.0. The van der Waals surface area contributed by atoms with Gasteiger partial charge in [0, 0.05) is 30.9 Å². The van der Waals surface area contributed by atoms with E-state index in [4.69, 9.17) is 28.2 Å². The number of hydrogen-bond acceptors (Lipinski definition) is 3. The summed E-state index contributed by atoms with van der Waals surface area (Å²) in [5.74, 6) is 1.00. The van der Waals surface area contributed by atoms with E-state index in [9.17, 15) is 4.79 Å². The number of para-hydroxylation sites is 2. The average molecular weight is 446 g/mol. The number of imidazole rings is 1. The molecule has 2 N–H and O–H groups in total. The van der Waals surface area contributed by atoms with Gasteiger partial charge in [-0.2, -0.15) is 0 Å². The molecule has 1 saturated heterocycles. The van der Waals surface area contributed by atoms with Crippen molar-refractivity contribution in [2.24, 2.45) is 0 Å². The molecule has 0 saturated carbocycles. The summed E-state index contributed by atoms with van der Waals surface area (Å²) in [6, 6.07) is 13.5. The smallest absolute Gasteiger partial charge is 0.319 e. The van der Waals surface area contributed by atoms with E-state index in [2.05, 4.69) is 52.1 Å². The van der Waals surface area contributed by atoms with Crippen molar-refractivity contribution in [2.45, 2.75) is 38.8 Å². The summed E-state index contributed by atoms with van der Waals surface area (Å²) < 4.78 is 2.29. The summed E-state index contributed by atoms with van der Waals surface area (Å²) in [7, 11) is 0. The number of aromatic nitrogens is 2. The molecule has 1 aliphatic heterocycles. The molecule has 1 aliphatic rings. The van der Waals surface area contributed by atoms with E-state index in [1.165, 1.54) is 0 Å². The Kier molecular flexibility index (Phi) is 6.06. The molecule has 1 aromatic heterocycles. The fourth-order valence-corrected chi connectivity index (χ4v) is 4.21. The molecule has 0 bridgehead atoms. The van der Waals surface area contributed by atoms with Crippen LogP contribution in [0, 0.1) is 0 Å². The van der Waals surface area contributed by atoms with Crippen molar-refractivity contribution in [2.75, 3.05) is 23.3 Å². The second-order valence-electron chi connectivity index (χ2n) is 7.85. The van der Waals surface area contributed by atoms with Gasteiger partial charge in [-0.3, -0.25) is 0 Å². The molecule has 1 fully saturated rings. The van der Waals surface area contributed by atoms with Gasteiger partial charge < -0.3 is 20.1 Å². The minimum absolute atomic E-state index is 0.112. The van der Waals surface area contributed by atoms with Crippen LogP contribution in [0.25, 0.3) is 11.0 Å². The lowest BCUT2D eigenvalue weighted by Crippen LogP contribution is -2.46. The number of anilines is 2. The lowest BCUT2D eigenvalue weighted by molar-refractivity contribution is 0.246. The molecule has 8 heteroatoms. The summed E-state index contributed by atoms with van der Waals surface area (Å²) in [5.41, 5.74) is 2.79. The fourth-order valence-electron chi connectivity index (χ4n) is 3.91.